The quantitative estimate of drug-likeness (QED) is 0.627. The Kier molecular flexibility index (Phi) is 3.50. The zero-order chi connectivity index (χ0) is 12.3. The van der Waals surface area contributed by atoms with Gasteiger partial charge in [-0.15, -0.1) is 0 Å². The van der Waals surface area contributed by atoms with Gasteiger partial charge in [-0.25, -0.2) is 9.97 Å². The van der Waals surface area contributed by atoms with Crippen molar-refractivity contribution in [2.75, 3.05) is 13.2 Å². The molecule has 3 N–H and O–H groups in total. The van der Waals surface area contributed by atoms with Crippen LogP contribution >= 0.6 is 0 Å². The number of hydrogen-bond donors (Lipinski definition) is 3. The van der Waals surface area contributed by atoms with Gasteiger partial charge in [0.2, 0.25) is 0 Å². The third-order valence-electron chi connectivity index (χ3n) is 2.71. The smallest absolute Gasteiger partial charge is 0.276 e. The van der Waals surface area contributed by atoms with E-state index in [0.717, 1.165) is 0 Å². The second kappa shape index (κ2) is 5.07. The lowest BCUT2D eigenvalue weighted by atomic mass is 10.1. The first-order chi connectivity index (χ1) is 8.26. The molecule has 0 aliphatic carbocycles. The lowest BCUT2D eigenvalue weighted by Gasteiger charge is -2.10. The van der Waals surface area contributed by atoms with E-state index in [1.54, 1.807) is 10.9 Å². The zero-order valence-corrected chi connectivity index (χ0v) is 9.20. The number of fused-ring (bicyclic) bond motifs is 1. The molecule has 92 valence electrons. The highest BCUT2D eigenvalue weighted by atomic mass is 16.3. The van der Waals surface area contributed by atoms with Crippen molar-refractivity contribution >= 4 is 11.2 Å². The van der Waals surface area contributed by atoms with E-state index in [0.29, 0.717) is 24.1 Å². The number of nitrogens with zero attached hydrogens (tertiary/aromatic N) is 3. The minimum Gasteiger partial charge on any atom is -0.396 e. The molecule has 2 rings (SSSR count). The average molecular weight is 238 g/mol. The van der Waals surface area contributed by atoms with Crippen LogP contribution in [0.25, 0.3) is 11.2 Å². The third kappa shape index (κ3) is 2.34. The fourth-order valence-electron chi connectivity index (χ4n) is 1.65. The van der Waals surface area contributed by atoms with Gasteiger partial charge >= 0.3 is 0 Å². The van der Waals surface area contributed by atoms with Gasteiger partial charge < -0.3 is 19.8 Å². The number of nitrogens with one attached hydrogen (secondary N) is 1. The maximum Gasteiger partial charge on any atom is 0.276 e. The Balaban J connectivity index is 2.22. The molecule has 0 aromatic carbocycles. The van der Waals surface area contributed by atoms with Crippen LogP contribution in [0.2, 0.25) is 0 Å². The van der Waals surface area contributed by atoms with Gasteiger partial charge in [-0.1, -0.05) is 0 Å². The summed E-state index contributed by atoms with van der Waals surface area (Å²) in [6.07, 6.45) is 3.43. The molecule has 0 unspecified atom stereocenters. The standard InChI is InChI=1S/C10H14N4O3/c15-3-7(4-16)1-2-14-6-13-9-8(14)10(17)12-5-11-9/h5-7,15-16H,1-4H2,(H,11,12,17). The van der Waals surface area contributed by atoms with Gasteiger partial charge in [-0.3, -0.25) is 4.79 Å². The molecular formula is C10H14N4O3. The van der Waals surface area contributed by atoms with Crippen molar-refractivity contribution < 1.29 is 10.2 Å². The minimum atomic E-state index is -0.239. The molecule has 0 aliphatic heterocycles. The highest BCUT2D eigenvalue weighted by molar-refractivity contribution is 5.68. The van der Waals surface area contributed by atoms with Crippen LogP contribution in [0.3, 0.4) is 0 Å². The van der Waals surface area contributed by atoms with Gasteiger partial charge in [-0.2, -0.15) is 0 Å². The van der Waals surface area contributed by atoms with Crippen molar-refractivity contribution in [3.8, 4) is 0 Å². The summed E-state index contributed by atoms with van der Waals surface area (Å²) in [6, 6.07) is 0. The topological polar surface area (TPSA) is 104 Å². The molecule has 0 fully saturated rings. The molecule has 0 saturated heterocycles. The van der Waals surface area contributed by atoms with E-state index in [-0.39, 0.29) is 24.7 Å². The Morgan fingerprint density at radius 1 is 1.35 bits per heavy atom. The summed E-state index contributed by atoms with van der Waals surface area (Å²) in [5.41, 5.74) is 0.581. The van der Waals surface area contributed by atoms with Crippen LogP contribution in [-0.4, -0.2) is 42.9 Å². The number of aliphatic hydroxyl groups is 2. The third-order valence-corrected chi connectivity index (χ3v) is 2.71. The lowest BCUT2D eigenvalue weighted by Crippen LogP contribution is -2.16. The van der Waals surface area contributed by atoms with Gasteiger partial charge in [0, 0.05) is 25.7 Å². The van der Waals surface area contributed by atoms with Crippen molar-refractivity contribution in [2.24, 2.45) is 5.92 Å². The van der Waals surface area contributed by atoms with Crippen molar-refractivity contribution in [1.82, 2.24) is 19.5 Å². The summed E-state index contributed by atoms with van der Waals surface area (Å²) in [4.78, 5) is 22.0. The summed E-state index contributed by atoms with van der Waals surface area (Å²) >= 11 is 0. The molecule has 0 saturated carbocycles. The average Bonchev–Trinajstić information content (AvgIpc) is 2.75. The SMILES string of the molecule is O=c1[nH]cnc2ncn(CCC(CO)CO)c12. The van der Waals surface area contributed by atoms with Crippen LogP contribution < -0.4 is 5.56 Å². The Morgan fingerprint density at radius 2 is 2.12 bits per heavy atom. The minimum absolute atomic E-state index is 0.0717. The monoisotopic (exact) mass is 238 g/mol. The summed E-state index contributed by atoms with van der Waals surface area (Å²) in [7, 11) is 0. The first-order valence-corrected chi connectivity index (χ1v) is 5.36. The molecule has 2 heterocycles. The number of aromatic amines is 1. The molecule has 0 spiro atoms. The molecule has 0 atom stereocenters. The number of hydrogen-bond acceptors (Lipinski definition) is 5. The Labute approximate surface area is 96.8 Å². The molecule has 0 bridgehead atoms. The van der Waals surface area contributed by atoms with Crippen molar-refractivity contribution in [3.63, 3.8) is 0 Å². The Morgan fingerprint density at radius 3 is 2.82 bits per heavy atom. The predicted molar refractivity (Wildman–Crippen MR) is 60.4 cm³/mol. The molecule has 0 radical (unpaired) electrons. The van der Waals surface area contributed by atoms with Gasteiger partial charge in [0.25, 0.3) is 5.56 Å². The van der Waals surface area contributed by atoms with Crippen LogP contribution in [0.5, 0.6) is 0 Å². The molecule has 17 heavy (non-hydrogen) atoms. The molecule has 7 nitrogen and oxygen atoms in total. The zero-order valence-electron chi connectivity index (χ0n) is 9.20. The van der Waals surface area contributed by atoms with Crippen LogP contribution in [0.4, 0.5) is 0 Å². The number of aryl methyl sites for hydroxylation is 1. The molecule has 2 aromatic rings. The van der Waals surface area contributed by atoms with Crippen molar-refractivity contribution in [1.29, 1.82) is 0 Å². The number of H-pyrrole nitrogens is 1. The van der Waals surface area contributed by atoms with E-state index >= 15 is 0 Å². The summed E-state index contributed by atoms with van der Waals surface area (Å²) in [5.74, 6) is -0.178. The van der Waals surface area contributed by atoms with E-state index < -0.39 is 0 Å². The van der Waals surface area contributed by atoms with Gasteiger partial charge in [0.05, 0.1) is 12.7 Å². The van der Waals surface area contributed by atoms with Crippen LogP contribution in [-0.2, 0) is 6.54 Å². The van der Waals surface area contributed by atoms with E-state index in [2.05, 4.69) is 15.0 Å². The number of aromatic nitrogens is 4. The highest BCUT2D eigenvalue weighted by Crippen LogP contribution is 2.08. The van der Waals surface area contributed by atoms with Crippen molar-refractivity contribution in [2.45, 2.75) is 13.0 Å². The number of aliphatic hydroxyl groups excluding tert-OH is 2. The van der Waals surface area contributed by atoms with Crippen LogP contribution in [0, 0.1) is 5.92 Å². The van der Waals surface area contributed by atoms with Crippen LogP contribution in [0.1, 0.15) is 6.42 Å². The molecule has 7 heteroatoms. The molecule has 2 aromatic heterocycles. The second-order valence-corrected chi connectivity index (χ2v) is 3.86. The second-order valence-electron chi connectivity index (χ2n) is 3.86. The summed E-state index contributed by atoms with van der Waals surface area (Å²) in [6.45, 7) is 0.368. The number of imidazole rings is 1. The van der Waals surface area contributed by atoms with E-state index in [4.69, 9.17) is 10.2 Å². The summed E-state index contributed by atoms with van der Waals surface area (Å²) < 4.78 is 1.68. The number of rotatable bonds is 5. The lowest BCUT2D eigenvalue weighted by molar-refractivity contribution is 0.140. The van der Waals surface area contributed by atoms with Gasteiger partial charge in [0.1, 0.15) is 0 Å². The van der Waals surface area contributed by atoms with Crippen LogP contribution in [0.15, 0.2) is 17.4 Å². The van der Waals surface area contributed by atoms with Crippen molar-refractivity contribution in [3.05, 3.63) is 23.0 Å². The summed E-state index contributed by atoms with van der Waals surface area (Å²) in [5, 5.41) is 17.9. The van der Waals surface area contributed by atoms with Gasteiger partial charge in [0.15, 0.2) is 11.2 Å². The fourth-order valence-corrected chi connectivity index (χ4v) is 1.65. The molecule has 0 aliphatic rings. The first kappa shape index (κ1) is 11.7. The molecular weight excluding hydrogens is 224 g/mol. The Hall–Kier alpha value is -1.73. The fraction of sp³-hybridized carbons (Fsp3) is 0.500. The predicted octanol–water partition coefficient (Wildman–Crippen LogP) is -0.889. The van der Waals surface area contributed by atoms with Gasteiger partial charge in [-0.05, 0) is 6.42 Å². The maximum absolute atomic E-state index is 11.6. The first-order valence-electron chi connectivity index (χ1n) is 5.36. The van der Waals surface area contributed by atoms with E-state index in [9.17, 15) is 4.79 Å². The largest absolute Gasteiger partial charge is 0.396 e. The van der Waals surface area contributed by atoms with E-state index in [1.165, 1.54) is 6.33 Å². The highest BCUT2D eigenvalue weighted by Gasteiger charge is 2.10. The van der Waals surface area contributed by atoms with E-state index in [1.807, 2.05) is 0 Å². The molecule has 0 amide bonds. The maximum atomic E-state index is 11.6. The normalized spacial score (nSPS) is 11.5. The Bertz CT molecular complexity index is 544.